The zero-order valence-corrected chi connectivity index (χ0v) is 13.8. The fourth-order valence-electron chi connectivity index (χ4n) is 2.92. The van der Waals surface area contributed by atoms with E-state index in [4.69, 9.17) is 4.74 Å². The Hall–Kier alpha value is -2.37. The molecule has 0 unspecified atom stereocenters. The van der Waals surface area contributed by atoms with Crippen molar-refractivity contribution in [1.29, 1.82) is 0 Å². The van der Waals surface area contributed by atoms with Gasteiger partial charge >= 0.3 is 5.97 Å². The molecule has 1 saturated heterocycles. The first-order chi connectivity index (χ1) is 11.6. The van der Waals surface area contributed by atoms with Crippen molar-refractivity contribution in [3.63, 3.8) is 0 Å². The van der Waals surface area contributed by atoms with E-state index in [1.165, 1.54) is 0 Å². The molecule has 0 bridgehead atoms. The molecule has 3 rings (SSSR count). The van der Waals surface area contributed by atoms with E-state index in [0.717, 1.165) is 30.5 Å². The van der Waals surface area contributed by atoms with Crippen molar-refractivity contribution in [1.82, 2.24) is 5.32 Å². The zero-order valence-electron chi connectivity index (χ0n) is 13.8. The molecule has 1 saturated carbocycles. The van der Waals surface area contributed by atoms with Crippen LogP contribution in [-0.4, -0.2) is 37.0 Å². The number of benzene rings is 1. The van der Waals surface area contributed by atoms with E-state index in [1.54, 1.807) is 4.90 Å². The van der Waals surface area contributed by atoms with E-state index in [9.17, 15) is 14.4 Å². The Kier molecular flexibility index (Phi) is 4.83. The number of hydrogen-bond acceptors (Lipinski definition) is 4. The molecular formula is C18H22N2O4. The fourth-order valence-corrected chi connectivity index (χ4v) is 2.92. The Morgan fingerprint density at radius 1 is 1.29 bits per heavy atom. The first-order valence-corrected chi connectivity index (χ1v) is 8.42. The molecule has 1 atom stereocenters. The molecule has 1 heterocycles. The van der Waals surface area contributed by atoms with Gasteiger partial charge in [0, 0.05) is 24.7 Å². The molecule has 128 valence electrons. The number of aryl methyl sites for hydroxylation is 1. The van der Waals surface area contributed by atoms with Gasteiger partial charge in [0.15, 0.2) is 6.61 Å². The van der Waals surface area contributed by atoms with E-state index in [2.05, 4.69) is 5.32 Å². The van der Waals surface area contributed by atoms with Crippen LogP contribution in [0.1, 0.15) is 31.7 Å². The standard InChI is InChI=1S/C18H22N2O4/c1-2-12-5-3-4-6-15(12)20-10-13(9-17(20)22)18(23)24-11-16(21)19-14-7-8-14/h3-6,13-14H,2,7-11H2,1H3,(H,19,21)/t13-/m1/s1. The third-order valence-corrected chi connectivity index (χ3v) is 4.41. The number of ether oxygens (including phenoxy) is 1. The van der Waals surface area contributed by atoms with Gasteiger partial charge in [-0.2, -0.15) is 0 Å². The minimum absolute atomic E-state index is 0.0831. The van der Waals surface area contributed by atoms with Crippen LogP contribution in [0.2, 0.25) is 0 Å². The minimum Gasteiger partial charge on any atom is -0.455 e. The van der Waals surface area contributed by atoms with Crippen molar-refractivity contribution < 1.29 is 19.1 Å². The summed E-state index contributed by atoms with van der Waals surface area (Å²) in [5.74, 6) is -1.36. The number of carbonyl (C=O) groups excluding carboxylic acids is 3. The summed E-state index contributed by atoms with van der Waals surface area (Å²) >= 11 is 0. The van der Waals surface area contributed by atoms with Crippen molar-refractivity contribution in [2.45, 2.75) is 38.6 Å². The Bertz CT molecular complexity index is 654. The van der Waals surface area contributed by atoms with Crippen LogP contribution in [0.25, 0.3) is 0 Å². The van der Waals surface area contributed by atoms with Gasteiger partial charge in [-0.15, -0.1) is 0 Å². The van der Waals surface area contributed by atoms with Crippen LogP contribution in [0.15, 0.2) is 24.3 Å². The van der Waals surface area contributed by atoms with Crippen molar-refractivity contribution in [3.05, 3.63) is 29.8 Å². The predicted molar refractivity (Wildman–Crippen MR) is 88.4 cm³/mol. The number of hydrogen-bond donors (Lipinski definition) is 1. The summed E-state index contributed by atoms with van der Waals surface area (Å²) in [6, 6.07) is 7.94. The van der Waals surface area contributed by atoms with Gasteiger partial charge in [0.2, 0.25) is 5.91 Å². The number of para-hydroxylation sites is 1. The lowest BCUT2D eigenvalue weighted by atomic mass is 10.1. The topological polar surface area (TPSA) is 75.7 Å². The van der Waals surface area contributed by atoms with Gasteiger partial charge in [0.25, 0.3) is 5.91 Å². The maximum absolute atomic E-state index is 12.3. The number of nitrogens with zero attached hydrogens (tertiary/aromatic N) is 1. The average molecular weight is 330 g/mol. The Balaban J connectivity index is 1.57. The van der Waals surface area contributed by atoms with Gasteiger partial charge in [-0.1, -0.05) is 25.1 Å². The van der Waals surface area contributed by atoms with Crippen LogP contribution in [0.4, 0.5) is 5.69 Å². The van der Waals surface area contributed by atoms with E-state index in [-0.39, 0.29) is 30.9 Å². The van der Waals surface area contributed by atoms with E-state index in [1.807, 2.05) is 31.2 Å². The summed E-state index contributed by atoms with van der Waals surface area (Å²) in [6.07, 6.45) is 2.92. The second-order valence-corrected chi connectivity index (χ2v) is 6.34. The molecule has 2 fully saturated rings. The summed E-state index contributed by atoms with van der Waals surface area (Å²) < 4.78 is 5.08. The second-order valence-electron chi connectivity index (χ2n) is 6.34. The first kappa shape index (κ1) is 16.5. The normalized spacial score (nSPS) is 20.1. The maximum Gasteiger partial charge on any atom is 0.311 e. The molecule has 1 N–H and O–H groups in total. The number of carbonyl (C=O) groups is 3. The number of esters is 1. The SMILES string of the molecule is CCc1ccccc1N1C[C@H](C(=O)OCC(=O)NC2CC2)CC1=O. The van der Waals surface area contributed by atoms with Crippen LogP contribution < -0.4 is 10.2 Å². The van der Waals surface area contributed by atoms with Gasteiger partial charge in [-0.3, -0.25) is 14.4 Å². The monoisotopic (exact) mass is 330 g/mol. The van der Waals surface area contributed by atoms with E-state index in [0.29, 0.717) is 6.54 Å². The molecule has 1 aromatic carbocycles. The molecule has 1 aromatic rings. The Morgan fingerprint density at radius 3 is 2.75 bits per heavy atom. The number of anilines is 1. The summed E-state index contributed by atoms with van der Waals surface area (Å²) in [5.41, 5.74) is 1.93. The summed E-state index contributed by atoms with van der Waals surface area (Å²) in [4.78, 5) is 37.7. The Morgan fingerprint density at radius 2 is 2.04 bits per heavy atom. The highest BCUT2D eigenvalue weighted by Gasteiger charge is 2.37. The largest absolute Gasteiger partial charge is 0.455 e. The summed E-state index contributed by atoms with van der Waals surface area (Å²) in [6.45, 7) is 2.06. The first-order valence-electron chi connectivity index (χ1n) is 8.42. The molecule has 1 aliphatic carbocycles. The fraction of sp³-hybridized carbons (Fsp3) is 0.500. The van der Waals surface area contributed by atoms with E-state index >= 15 is 0 Å². The van der Waals surface area contributed by atoms with Gasteiger partial charge in [-0.25, -0.2) is 0 Å². The highest BCUT2D eigenvalue weighted by Crippen LogP contribution is 2.29. The Labute approximate surface area is 141 Å². The van der Waals surface area contributed by atoms with Crippen molar-refractivity contribution in [3.8, 4) is 0 Å². The smallest absolute Gasteiger partial charge is 0.311 e. The van der Waals surface area contributed by atoms with Crippen molar-refractivity contribution >= 4 is 23.5 Å². The lowest BCUT2D eigenvalue weighted by Gasteiger charge is -2.19. The van der Waals surface area contributed by atoms with Crippen molar-refractivity contribution in [2.75, 3.05) is 18.1 Å². The third kappa shape index (κ3) is 3.75. The number of amides is 2. The molecule has 0 aromatic heterocycles. The van der Waals surface area contributed by atoms with Gasteiger partial charge < -0.3 is 15.0 Å². The summed E-state index contributed by atoms with van der Waals surface area (Å²) in [7, 11) is 0. The molecular weight excluding hydrogens is 308 g/mol. The average Bonchev–Trinajstić information content (AvgIpc) is 3.31. The van der Waals surface area contributed by atoms with Gasteiger partial charge in [-0.05, 0) is 30.9 Å². The van der Waals surface area contributed by atoms with Crippen molar-refractivity contribution in [2.24, 2.45) is 5.92 Å². The highest BCUT2D eigenvalue weighted by atomic mass is 16.5. The molecule has 24 heavy (non-hydrogen) atoms. The molecule has 6 heteroatoms. The maximum atomic E-state index is 12.3. The second kappa shape index (κ2) is 7.03. The predicted octanol–water partition coefficient (Wildman–Crippen LogP) is 1.42. The van der Waals surface area contributed by atoms with Gasteiger partial charge in [0.05, 0.1) is 5.92 Å². The number of rotatable bonds is 6. The lowest BCUT2D eigenvalue weighted by Crippen LogP contribution is -2.32. The summed E-state index contributed by atoms with van der Waals surface area (Å²) in [5, 5.41) is 2.76. The minimum atomic E-state index is -0.517. The zero-order chi connectivity index (χ0) is 17.1. The molecule has 2 aliphatic rings. The highest BCUT2D eigenvalue weighted by molar-refractivity contribution is 6.00. The molecule has 0 radical (unpaired) electrons. The molecule has 6 nitrogen and oxygen atoms in total. The molecule has 0 spiro atoms. The third-order valence-electron chi connectivity index (χ3n) is 4.41. The van der Waals surface area contributed by atoms with Crippen LogP contribution in [0.5, 0.6) is 0 Å². The number of nitrogens with one attached hydrogen (secondary N) is 1. The van der Waals surface area contributed by atoms with Crippen LogP contribution in [0.3, 0.4) is 0 Å². The quantitative estimate of drug-likeness (QED) is 0.801. The molecule has 2 amide bonds. The van der Waals surface area contributed by atoms with Gasteiger partial charge in [0.1, 0.15) is 0 Å². The van der Waals surface area contributed by atoms with E-state index < -0.39 is 11.9 Å². The van der Waals surface area contributed by atoms with Crippen LogP contribution in [-0.2, 0) is 25.5 Å². The molecule has 1 aliphatic heterocycles. The van der Waals surface area contributed by atoms with Crippen LogP contribution in [0, 0.1) is 5.92 Å². The van der Waals surface area contributed by atoms with Crippen LogP contribution >= 0.6 is 0 Å². The lowest BCUT2D eigenvalue weighted by molar-refractivity contribution is -0.152.